The van der Waals surface area contributed by atoms with Crippen molar-refractivity contribution in [3.63, 3.8) is 0 Å². The molecular formula is C23H24N4O3. The van der Waals surface area contributed by atoms with Crippen molar-refractivity contribution in [2.24, 2.45) is 0 Å². The van der Waals surface area contributed by atoms with Gasteiger partial charge < -0.3 is 19.5 Å². The zero-order chi connectivity index (χ0) is 21.1. The summed E-state index contributed by atoms with van der Waals surface area (Å²) in [7, 11) is 1.36. The van der Waals surface area contributed by atoms with Gasteiger partial charge in [-0.3, -0.25) is 4.79 Å². The smallest absolute Gasteiger partial charge is 0.409 e. The number of ether oxygens (including phenoxy) is 1. The van der Waals surface area contributed by atoms with Crippen molar-refractivity contribution in [1.82, 2.24) is 19.8 Å². The summed E-state index contributed by atoms with van der Waals surface area (Å²) in [6.45, 7) is 3.25. The molecule has 1 aromatic heterocycles. The van der Waals surface area contributed by atoms with Gasteiger partial charge in [-0.15, -0.1) is 0 Å². The highest BCUT2D eigenvalue weighted by Gasteiger charge is 2.30. The second kappa shape index (κ2) is 8.41. The van der Waals surface area contributed by atoms with E-state index in [2.05, 4.69) is 5.32 Å². The van der Waals surface area contributed by atoms with E-state index in [9.17, 15) is 9.59 Å². The van der Waals surface area contributed by atoms with Crippen LogP contribution in [0.1, 0.15) is 34.7 Å². The highest BCUT2D eigenvalue weighted by Crippen LogP contribution is 2.27. The summed E-state index contributed by atoms with van der Waals surface area (Å²) in [5.41, 5.74) is 2.99. The summed E-state index contributed by atoms with van der Waals surface area (Å²) in [4.78, 5) is 31.5. The Bertz CT molecular complexity index is 1050. The second-order valence-electron chi connectivity index (χ2n) is 7.25. The van der Waals surface area contributed by atoms with E-state index in [-0.39, 0.29) is 18.5 Å². The van der Waals surface area contributed by atoms with E-state index in [4.69, 9.17) is 9.72 Å². The maximum atomic E-state index is 13.2. The van der Waals surface area contributed by atoms with Gasteiger partial charge in [0.05, 0.1) is 25.4 Å². The van der Waals surface area contributed by atoms with Crippen LogP contribution in [0.4, 0.5) is 4.79 Å². The van der Waals surface area contributed by atoms with Gasteiger partial charge in [0.2, 0.25) is 0 Å². The van der Waals surface area contributed by atoms with Crippen LogP contribution in [0.2, 0.25) is 0 Å². The Morgan fingerprint density at radius 2 is 1.70 bits per heavy atom. The largest absolute Gasteiger partial charge is 0.453 e. The summed E-state index contributed by atoms with van der Waals surface area (Å²) >= 11 is 0. The van der Waals surface area contributed by atoms with Crippen LogP contribution in [0.15, 0.2) is 60.7 Å². The number of imidazole rings is 1. The number of fused-ring (bicyclic) bond motifs is 1. The van der Waals surface area contributed by atoms with E-state index < -0.39 is 6.09 Å². The van der Waals surface area contributed by atoms with Gasteiger partial charge in [0, 0.05) is 18.7 Å². The Morgan fingerprint density at radius 1 is 1.03 bits per heavy atom. The van der Waals surface area contributed by atoms with Gasteiger partial charge in [0.1, 0.15) is 5.82 Å². The van der Waals surface area contributed by atoms with Crippen molar-refractivity contribution in [2.75, 3.05) is 13.7 Å². The lowest BCUT2D eigenvalue weighted by atomic mass is 10.1. The molecule has 1 aliphatic rings. The lowest BCUT2D eigenvalue weighted by Gasteiger charge is -2.28. The van der Waals surface area contributed by atoms with Gasteiger partial charge >= 0.3 is 6.09 Å². The predicted octanol–water partition coefficient (Wildman–Crippen LogP) is 3.62. The van der Waals surface area contributed by atoms with Crippen LogP contribution in [0.5, 0.6) is 0 Å². The number of carbonyl (C=O) groups excluding carboxylic acids is 2. The molecule has 1 aliphatic heterocycles. The molecule has 7 nitrogen and oxygen atoms in total. The summed E-state index contributed by atoms with van der Waals surface area (Å²) in [5, 5.41) is 3.04. The summed E-state index contributed by atoms with van der Waals surface area (Å²) in [6.07, 6.45) is -0.410. The number of hydrogen-bond acceptors (Lipinski definition) is 4. The molecule has 1 N–H and O–H groups in total. The number of hydrogen-bond donors (Lipinski definition) is 1. The number of carbonyl (C=O) groups is 2. The molecule has 154 valence electrons. The first-order valence-electron chi connectivity index (χ1n) is 9.92. The van der Waals surface area contributed by atoms with Crippen molar-refractivity contribution in [1.29, 1.82) is 0 Å². The third kappa shape index (κ3) is 3.78. The number of nitrogens with zero attached hydrogens (tertiary/aromatic N) is 3. The Hall–Kier alpha value is -3.61. The van der Waals surface area contributed by atoms with Crippen LogP contribution in [-0.4, -0.2) is 40.1 Å². The average Bonchev–Trinajstić information content (AvgIpc) is 3.18. The Morgan fingerprint density at radius 3 is 2.37 bits per heavy atom. The van der Waals surface area contributed by atoms with Crippen molar-refractivity contribution in [2.45, 2.75) is 26.1 Å². The van der Waals surface area contributed by atoms with E-state index in [0.717, 1.165) is 17.0 Å². The molecule has 7 heteroatoms. The second-order valence-corrected chi connectivity index (χ2v) is 7.25. The van der Waals surface area contributed by atoms with Crippen molar-refractivity contribution in [3.8, 4) is 11.4 Å². The number of benzene rings is 2. The Kier molecular flexibility index (Phi) is 5.52. The highest BCUT2D eigenvalue weighted by molar-refractivity contribution is 5.94. The predicted molar refractivity (Wildman–Crippen MR) is 113 cm³/mol. The molecule has 0 aliphatic carbocycles. The zero-order valence-electron chi connectivity index (χ0n) is 17.0. The van der Waals surface area contributed by atoms with Crippen molar-refractivity contribution in [3.05, 3.63) is 77.6 Å². The summed E-state index contributed by atoms with van der Waals surface area (Å²) in [5.74, 6) is 0.469. The maximum Gasteiger partial charge on any atom is 0.409 e. The third-order valence-corrected chi connectivity index (χ3v) is 5.33. The van der Waals surface area contributed by atoms with Crippen LogP contribution >= 0.6 is 0 Å². The molecule has 2 amide bonds. The summed E-state index contributed by atoms with van der Waals surface area (Å²) < 4.78 is 6.90. The maximum absolute atomic E-state index is 13.2. The number of nitrogens with one attached hydrogen (secondary N) is 1. The minimum Gasteiger partial charge on any atom is -0.453 e. The lowest BCUT2D eigenvalue weighted by molar-refractivity contribution is 0.0925. The van der Waals surface area contributed by atoms with Crippen LogP contribution in [0.25, 0.3) is 11.4 Å². The molecule has 3 aromatic rings. The molecule has 30 heavy (non-hydrogen) atoms. The van der Waals surface area contributed by atoms with Crippen molar-refractivity contribution >= 4 is 12.0 Å². The first-order chi connectivity index (χ1) is 14.6. The monoisotopic (exact) mass is 404 g/mol. The lowest BCUT2D eigenvalue weighted by Crippen LogP contribution is -2.39. The zero-order valence-corrected chi connectivity index (χ0v) is 17.0. The molecule has 1 atom stereocenters. The molecule has 4 rings (SSSR count). The molecular weight excluding hydrogens is 380 g/mol. The van der Waals surface area contributed by atoms with E-state index in [1.807, 2.05) is 72.2 Å². The molecule has 0 bridgehead atoms. The summed E-state index contributed by atoms with van der Waals surface area (Å²) in [6, 6.07) is 19.4. The molecule has 0 unspecified atom stereocenters. The SMILES string of the molecule is COC(=O)N1CCn2c(-c3ccccc3)nc(C(=O)N[C@@H](C)c3ccccc3)c2C1. The van der Waals surface area contributed by atoms with E-state index >= 15 is 0 Å². The average molecular weight is 404 g/mol. The fourth-order valence-corrected chi connectivity index (χ4v) is 3.73. The van der Waals surface area contributed by atoms with E-state index in [0.29, 0.717) is 24.5 Å². The van der Waals surface area contributed by atoms with E-state index in [1.54, 1.807) is 4.90 Å². The minimum atomic E-state index is -0.410. The number of amides is 2. The highest BCUT2D eigenvalue weighted by atomic mass is 16.5. The first kappa shape index (κ1) is 19.7. The van der Waals surface area contributed by atoms with Gasteiger partial charge in [0.15, 0.2) is 5.69 Å². The fraction of sp³-hybridized carbons (Fsp3) is 0.261. The minimum absolute atomic E-state index is 0.170. The Labute approximate surface area is 175 Å². The van der Waals surface area contributed by atoms with Crippen molar-refractivity contribution < 1.29 is 14.3 Å². The van der Waals surface area contributed by atoms with Crippen LogP contribution in [0.3, 0.4) is 0 Å². The van der Waals surface area contributed by atoms with Gasteiger partial charge in [-0.2, -0.15) is 0 Å². The number of methoxy groups -OCH3 is 1. The van der Waals surface area contributed by atoms with E-state index in [1.165, 1.54) is 7.11 Å². The molecule has 0 spiro atoms. The fourth-order valence-electron chi connectivity index (χ4n) is 3.73. The molecule has 0 saturated carbocycles. The normalized spacial score (nSPS) is 14.0. The quantitative estimate of drug-likeness (QED) is 0.721. The van der Waals surface area contributed by atoms with Crippen LogP contribution in [0, 0.1) is 0 Å². The standard InChI is InChI=1S/C23H24N4O3/c1-16(17-9-5-3-6-10-17)24-22(28)20-19-15-26(23(29)30-2)13-14-27(19)21(25-20)18-11-7-4-8-12-18/h3-12,16H,13-15H2,1-2H3,(H,24,28)/t16-/m0/s1. The number of aromatic nitrogens is 2. The topological polar surface area (TPSA) is 76.5 Å². The van der Waals surface area contributed by atoms with Crippen LogP contribution in [-0.2, 0) is 17.8 Å². The third-order valence-electron chi connectivity index (χ3n) is 5.33. The van der Waals surface area contributed by atoms with Crippen LogP contribution < -0.4 is 5.32 Å². The van der Waals surface area contributed by atoms with Gasteiger partial charge in [-0.25, -0.2) is 9.78 Å². The Balaban J connectivity index is 1.69. The first-order valence-corrected chi connectivity index (χ1v) is 9.92. The molecule has 0 radical (unpaired) electrons. The van der Waals surface area contributed by atoms with Gasteiger partial charge in [0.25, 0.3) is 5.91 Å². The van der Waals surface area contributed by atoms with Gasteiger partial charge in [-0.1, -0.05) is 60.7 Å². The molecule has 2 heterocycles. The molecule has 0 saturated heterocycles. The molecule has 0 fully saturated rings. The van der Waals surface area contributed by atoms with Gasteiger partial charge in [-0.05, 0) is 12.5 Å². The number of rotatable bonds is 4. The molecule has 2 aromatic carbocycles.